The highest BCUT2D eigenvalue weighted by molar-refractivity contribution is 8.14. The quantitative estimate of drug-likeness (QED) is 0.802. The second-order valence-corrected chi connectivity index (χ2v) is 9.52. The Labute approximate surface area is 159 Å². The first-order valence-electron chi connectivity index (χ1n) is 10.1. The van der Waals surface area contributed by atoms with Gasteiger partial charge in [0.05, 0.1) is 11.8 Å². The summed E-state index contributed by atoms with van der Waals surface area (Å²) in [6.07, 6.45) is 13.5. The minimum absolute atomic E-state index is 0.0744. The summed E-state index contributed by atoms with van der Waals surface area (Å²) in [7, 11) is 0. The number of rotatable bonds is 2. The van der Waals surface area contributed by atoms with Crippen LogP contribution in [-0.4, -0.2) is 23.0 Å². The average Bonchev–Trinajstić information content (AvgIpc) is 3.23. The minimum atomic E-state index is -0.714. The average molecular weight is 371 g/mol. The van der Waals surface area contributed by atoms with Crippen molar-refractivity contribution in [1.82, 2.24) is 5.48 Å². The van der Waals surface area contributed by atoms with Crippen molar-refractivity contribution in [2.75, 3.05) is 12.3 Å². The monoisotopic (exact) mass is 370 g/mol. The van der Waals surface area contributed by atoms with Crippen molar-refractivity contribution in [3.05, 3.63) is 23.3 Å². The molecule has 0 radical (unpaired) electrons. The van der Waals surface area contributed by atoms with Gasteiger partial charge in [0, 0.05) is 18.4 Å². The number of nitrogens with zero attached hydrogens (tertiary/aromatic N) is 1. The van der Waals surface area contributed by atoms with Gasteiger partial charge in [0.25, 0.3) is 0 Å². The molecular weight excluding hydrogens is 344 g/mol. The Balaban J connectivity index is 1.47. The lowest BCUT2D eigenvalue weighted by Gasteiger charge is -2.46. The van der Waals surface area contributed by atoms with E-state index >= 15 is 0 Å². The number of nitriles is 1. The predicted octanol–water partition coefficient (Wildman–Crippen LogP) is 3.76. The fourth-order valence-corrected chi connectivity index (χ4v) is 7.45. The summed E-state index contributed by atoms with van der Waals surface area (Å²) < 4.78 is 0. The molecule has 0 spiro atoms. The van der Waals surface area contributed by atoms with Crippen LogP contribution in [0.4, 0.5) is 0 Å². The van der Waals surface area contributed by atoms with E-state index in [2.05, 4.69) is 23.7 Å². The van der Waals surface area contributed by atoms with E-state index in [9.17, 15) is 4.79 Å². The molecule has 26 heavy (non-hydrogen) atoms. The molecule has 0 amide bonds. The highest BCUT2D eigenvalue weighted by Gasteiger charge is 2.65. The molecule has 1 saturated heterocycles. The molecule has 4 nitrogen and oxygen atoms in total. The molecule has 4 aliphatic carbocycles. The molecule has 5 aliphatic rings. The van der Waals surface area contributed by atoms with Crippen LogP contribution in [0.2, 0.25) is 0 Å². The highest BCUT2D eigenvalue weighted by atomic mass is 32.2. The fraction of sp³-hybridized carbons (Fsp3) is 0.714. The molecule has 0 aromatic carbocycles. The zero-order valence-corrected chi connectivity index (χ0v) is 15.9. The van der Waals surface area contributed by atoms with Crippen molar-refractivity contribution < 1.29 is 9.63 Å². The fourth-order valence-electron chi connectivity index (χ4n) is 6.67. The van der Waals surface area contributed by atoms with E-state index in [4.69, 9.17) is 10.1 Å². The maximum Gasteiger partial charge on any atom is 0.224 e. The second-order valence-electron chi connectivity index (χ2n) is 8.57. The summed E-state index contributed by atoms with van der Waals surface area (Å²) in [5.74, 6) is 2.65. The van der Waals surface area contributed by atoms with Crippen molar-refractivity contribution in [1.29, 1.82) is 5.26 Å². The Kier molecular flexibility index (Phi) is 4.27. The van der Waals surface area contributed by atoms with Crippen molar-refractivity contribution in [2.45, 2.75) is 50.5 Å². The smallest absolute Gasteiger partial charge is 0.224 e. The van der Waals surface area contributed by atoms with Crippen molar-refractivity contribution in [3.63, 3.8) is 0 Å². The molecule has 6 unspecified atom stereocenters. The normalized spacial score (nSPS) is 43.3. The van der Waals surface area contributed by atoms with Crippen molar-refractivity contribution >= 4 is 16.9 Å². The molecule has 1 aliphatic heterocycles. The van der Waals surface area contributed by atoms with E-state index in [0.29, 0.717) is 11.8 Å². The largest absolute Gasteiger partial charge is 0.286 e. The number of hydrogen-bond donors (Lipinski definition) is 1. The maximum absolute atomic E-state index is 13.1. The van der Waals surface area contributed by atoms with Crippen LogP contribution in [0, 0.1) is 40.9 Å². The van der Waals surface area contributed by atoms with Crippen LogP contribution < -0.4 is 5.48 Å². The van der Waals surface area contributed by atoms with Crippen LogP contribution in [0.25, 0.3) is 0 Å². The first-order valence-corrected chi connectivity index (χ1v) is 11.1. The number of carbonyl (C=O) groups excluding carboxylic acids is 1. The molecule has 0 aromatic rings. The van der Waals surface area contributed by atoms with Crippen LogP contribution in [-0.2, 0) is 9.63 Å². The lowest BCUT2D eigenvalue weighted by Crippen LogP contribution is -2.49. The van der Waals surface area contributed by atoms with Crippen molar-refractivity contribution in [3.8, 4) is 6.07 Å². The number of hydrogen-bond acceptors (Lipinski definition) is 5. The third kappa shape index (κ3) is 2.32. The van der Waals surface area contributed by atoms with Gasteiger partial charge in [0.1, 0.15) is 0 Å². The molecule has 1 heterocycles. The zero-order chi connectivity index (χ0) is 17.7. The Morgan fingerprint density at radius 2 is 2.19 bits per heavy atom. The zero-order valence-electron chi connectivity index (χ0n) is 15.1. The highest BCUT2D eigenvalue weighted by Crippen LogP contribution is 2.61. The van der Waals surface area contributed by atoms with Gasteiger partial charge in [-0.15, -0.1) is 0 Å². The van der Waals surface area contributed by atoms with E-state index in [-0.39, 0.29) is 22.7 Å². The number of thioether (sulfide) groups is 1. The first-order chi connectivity index (χ1) is 12.8. The molecule has 0 bridgehead atoms. The molecule has 3 saturated carbocycles. The van der Waals surface area contributed by atoms with E-state index in [1.54, 1.807) is 11.1 Å². The van der Waals surface area contributed by atoms with E-state index in [1.165, 1.54) is 32.1 Å². The van der Waals surface area contributed by atoms with E-state index < -0.39 is 5.60 Å². The Bertz CT molecular complexity index is 724. The number of hydroxylamine groups is 1. The third-order valence-corrected chi connectivity index (χ3v) is 8.52. The summed E-state index contributed by atoms with van der Waals surface area (Å²) in [5.41, 5.74) is 5.59. The SMILES string of the molecule is N#CCSC(=O)C12ONCC1CC1C3=CC=C4CCCCC4C3CCC12. The standard InChI is InChI=1S/C21H26N2O2S/c22-9-10-26-20(24)21-14(12-23-25-21)11-18-17-6-5-13-3-1-2-4-15(13)16(17)7-8-19(18)21/h5-6,14-16,18-19,23H,1-4,7-8,10-12H2. The summed E-state index contributed by atoms with van der Waals surface area (Å²) in [6.45, 7) is 0.758. The molecule has 5 heteroatoms. The van der Waals surface area contributed by atoms with Crippen LogP contribution in [0.5, 0.6) is 0 Å². The summed E-state index contributed by atoms with van der Waals surface area (Å²) in [5, 5.41) is 8.97. The lowest BCUT2D eigenvalue weighted by molar-refractivity contribution is -0.147. The summed E-state index contributed by atoms with van der Waals surface area (Å²) in [4.78, 5) is 19.1. The van der Waals surface area contributed by atoms with E-state index in [1.807, 2.05) is 0 Å². The van der Waals surface area contributed by atoms with Gasteiger partial charge in [-0.3, -0.25) is 9.63 Å². The van der Waals surface area contributed by atoms with Gasteiger partial charge in [0.2, 0.25) is 5.12 Å². The molecule has 5 rings (SSSR count). The molecule has 138 valence electrons. The van der Waals surface area contributed by atoms with Gasteiger partial charge in [0.15, 0.2) is 5.60 Å². The van der Waals surface area contributed by atoms with E-state index in [0.717, 1.165) is 37.1 Å². The van der Waals surface area contributed by atoms with Crippen LogP contribution in [0.15, 0.2) is 23.3 Å². The van der Waals surface area contributed by atoms with Gasteiger partial charge in [-0.1, -0.05) is 41.5 Å². The Hall–Kier alpha value is -1.09. The number of fused-ring (bicyclic) bond motifs is 7. The van der Waals surface area contributed by atoms with Crippen LogP contribution >= 0.6 is 11.8 Å². The molecular formula is C21H26N2O2S. The van der Waals surface area contributed by atoms with Crippen LogP contribution in [0.1, 0.15) is 44.9 Å². The molecule has 0 aromatic heterocycles. The topological polar surface area (TPSA) is 62.1 Å². The van der Waals surface area contributed by atoms with Gasteiger partial charge in [-0.25, -0.2) is 5.48 Å². The molecule has 6 atom stereocenters. The van der Waals surface area contributed by atoms with Gasteiger partial charge < -0.3 is 0 Å². The van der Waals surface area contributed by atoms with Gasteiger partial charge in [-0.2, -0.15) is 5.26 Å². The Morgan fingerprint density at radius 3 is 3.08 bits per heavy atom. The number of nitrogens with one attached hydrogen (secondary N) is 1. The Morgan fingerprint density at radius 1 is 1.27 bits per heavy atom. The van der Waals surface area contributed by atoms with Crippen LogP contribution in [0.3, 0.4) is 0 Å². The van der Waals surface area contributed by atoms with Gasteiger partial charge >= 0.3 is 0 Å². The molecule has 1 N–H and O–H groups in total. The number of carbonyl (C=O) groups is 1. The maximum atomic E-state index is 13.1. The second kappa shape index (κ2) is 6.51. The summed E-state index contributed by atoms with van der Waals surface area (Å²) in [6, 6.07) is 2.09. The number of allylic oxidation sites excluding steroid dienone is 4. The first kappa shape index (κ1) is 17.0. The predicted molar refractivity (Wildman–Crippen MR) is 101 cm³/mol. The summed E-state index contributed by atoms with van der Waals surface area (Å²) >= 11 is 1.15. The van der Waals surface area contributed by atoms with Gasteiger partial charge in [-0.05, 0) is 56.3 Å². The van der Waals surface area contributed by atoms with Crippen molar-refractivity contribution in [2.24, 2.45) is 29.6 Å². The lowest BCUT2D eigenvalue weighted by atomic mass is 9.60. The minimum Gasteiger partial charge on any atom is -0.286 e. The third-order valence-electron chi connectivity index (χ3n) is 7.67. The molecule has 4 fully saturated rings.